The summed E-state index contributed by atoms with van der Waals surface area (Å²) in [5.41, 5.74) is 6.17. The number of ether oxygens (including phenoxy) is 1. The number of unbranched alkanes of at least 4 members (excludes halogenated alkanes) is 1. The molecule has 1 aliphatic heterocycles. The van der Waals surface area contributed by atoms with Gasteiger partial charge in [-0.2, -0.15) is 0 Å². The molecular formula is C35H39ClN3O6P. The molecular weight excluding hydrogens is 625 g/mol. The van der Waals surface area contributed by atoms with Crippen molar-refractivity contribution in [2.75, 3.05) is 13.1 Å². The number of benzene rings is 4. The van der Waals surface area contributed by atoms with Gasteiger partial charge in [-0.1, -0.05) is 60.7 Å². The van der Waals surface area contributed by atoms with Crippen LogP contribution in [0, 0.1) is 0 Å². The Hall–Kier alpha value is -4.30. The van der Waals surface area contributed by atoms with E-state index in [2.05, 4.69) is 5.32 Å². The molecule has 9 nitrogen and oxygen atoms in total. The van der Waals surface area contributed by atoms with Gasteiger partial charge in [0.05, 0.1) is 0 Å². The van der Waals surface area contributed by atoms with E-state index in [1.807, 2.05) is 42.5 Å². The highest BCUT2D eigenvalue weighted by Crippen LogP contribution is 2.53. The fourth-order valence-electron chi connectivity index (χ4n) is 5.22. The highest BCUT2D eigenvalue weighted by atomic mass is 35.5. The zero-order chi connectivity index (χ0) is 31.5. The maximum absolute atomic E-state index is 14.6. The van der Waals surface area contributed by atoms with Crippen molar-refractivity contribution in [2.45, 2.75) is 43.9 Å². The third-order valence-corrected chi connectivity index (χ3v) is 9.53. The summed E-state index contributed by atoms with van der Waals surface area (Å²) >= 11 is 0. The molecule has 0 spiro atoms. The third-order valence-electron chi connectivity index (χ3n) is 7.45. The van der Waals surface area contributed by atoms with Crippen LogP contribution in [0.2, 0.25) is 0 Å². The third kappa shape index (κ3) is 9.13. The maximum atomic E-state index is 14.6. The minimum Gasteiger partial charge on any atom is -0.457 e. The molecule has 46 heavy (non-hydrogen) atoms. The van der Waals surface area contributed by atoms with Crippen LogP contribution < -0.4 is 24.8 Å². The Labute approximate surface area is 276 Å². The van der Waals surface area contributed by atoms with Crippen LogP contribution in [-0.2, 0) is 9.36 Å². The van der Waals surface area contributed by atoms with Gasteiger partial charge in [0, 0.05) is 12.1 Å². The molecule has 1 saturated heterocycles. The van der Waals surface area contributed by atoms with Crippen LogP contribution in [0.4, 0.5) is 0 Å². The molecule has 1 fully saturated rings. The first-order valence-corrected chi connectivity index (χ1v) is 16.8. The standard InChI is InChI=1S/C35H38N3O6P.ClH/c36-24-11-10-23-33(45(41,43-29-17-6-2-7-18-29)44-30-19-8-3-9-20-30)37-34(39)32-22-13-25-38(32)35(40)27-14-12-21-31(26-27)42-28-15-4-1-5-16-28;/h1-9,12,14-21,26,32-33H,10-11,13,22-25,36H2,(H,37,39);1H/t32-,33?;/m0./s1. The van der Waals surface area contributed by atoms with Gasteiger partial charge in [-0.15, -0.1) is 12.4 Å². The fourth-order valence-corrected chi connectivity index (χ4v) is 7.13. The zero-order valence-electron chi connectivity index (χ0n) is 25.4. The first kappa shape index (κ1) is 34.6. The number of amides is 2. The summed E-state index contributed by atoms with van der Waals surface area (Å²) in [4.78, 5) is 29.2. The lowest BCUT2D eigenvalue weighted by molar-refractivity contribution is -0.125. The second kappa shape index (κ2) is 16.9. The quantitative estimate of drug-likeness (QED) is 0.106. The fraction of sp³-hybridized carbons (Fsp3) is 0.257. The van der Waals surface area contributed by atoms with Gasteiger partial charge >= 0.3 is 7.60 Å². The number of nitrogens with two attached hydrogens (primary N) is 1. The lowest BCUT2D eigenvalue weighted by Gasteiger charge is -2.30. The van der Waals surface area contributed by atoms with E-state index in [9.17, 15) is 14.2 Å². The van der Waals surface area contributed by atoms with Crippen LogP contribution in [0.3, 0.4) is 0 Å². The first-order valence-electron chi connectivity index (χ1n) is 15.2. The van der Waals surface area contributed by atoms with Gasteiger partial charge in [-0.25, -0.2) is 4.57 Å². The van der Waals surface area contributed by atoms with Gasteiger partial charge in [-0.3, -0.25) is 9.59 Å². The van der Waals surface area contributed by atoms with Crippen LogP contribution in [0.5, 0.6) is 23.0 Å². The molecule has 0 radical (unpaired) electrons. The van der Waals surface area contributed by atoms with E-state index >= 15 is 0 Å². The molecule has 2 amide bonds. The zero-order valence-corrected chi connectivity index (χ0v) is 27.1. The predicted octanol–water partition coefficient (Wildman–Crippen LogP) is 7.43. The van der Waals surface area contributed by atoms with Crippen molar-refractivity contribution in [2.24, 2.45) is 5.73 Å². The topological polar surface area (TPSA) is 120 Å². The number of nitrogens with one attached hydrogen (secondary N) is 1. The Morgan fingerprint density at radius 2 is 1.37 bits per heavy atom. The average molecular weight is 664 g/mol. The Balaban J connectivity index is 0.00000480. The highest BCUT2D eigenvalue weighted by molar-refractivity contribution is 7.55. The summed E-state index contributed by atoms with van der Waals surface area (Å²) in [5, 5.41) is 2.97. The van der Waals surface area contributed by atoms with Gasteiger partial charge in [-0.05, 0) is 93.2 Å². The van der Waals surface area contributed by atoms with Crippen molar-refractivity contribution >= 4 is 31.8 Å². The lowest BCUT2D eigenvalue weighted by atomic mass is 10.1. The number of carbonyl (C=O) groups is 2. The number of hydrogen-bond donors (Lipinski definition) is 2. The largest absolute Gasteiger partial charge is 0.457 e. The summed E-state index contributed by atoms with van der Waals surface area (Å²) in [7, 11) is -4.04. The van der Waals surface area contributed by atoms with E-state index in [-0.39, 0.29) is 18.3 Å². The molecule has 4 aromatic rings. The predicted molar refractivity (Wildman–Crippen MR) is 181 cm³/mol. The van der Waals surface area contributed by atoms with E-state index in [0.717, 1.165) is 0 Å². The number of halogens is 1. The first-order chi connectivity index (χ1) is 21.9. The molecule has 3 N–H and O–H groups in total. The van der Waals surface area contributed by atoms with Crippen LogP contribution >= 0.6 is 20.0 Å². The molecule has 11 heteroatoms. The Morgan fingerprint density at radius 3 is 1.96 bits per heavy atom. The van der Waals surface area contributed by atoms with Gasteiger partial charge in [0.1, 0.15) is 29.0 Å². The Kier molecular flexibility index (Phi) is 12.7. The number of likely N-dealkylation sites (tertiary alicyclic amines) is 1. The molecule has 1 heterocycles. The lowest BCUT2D eigenvalue weighted by Crippen LogP contribution is -2.49. The van der Waals surface area contributed by atoms with Crippen molar-refractivity contribution in [1.29, 1.82) is 0 Å². The summed E-state index contributed by atoms with van der Waals surface area (Å²) in [6.45, 7) is 0.860. The normalized spacial score (nSPS) is 14.9. The van der Waals surface area contributed by atoms with Crippen LogP contribution in [0.15, 0.2) is 115 Å². The molecule has 1 aliphatic rings. The van der Waals surface area contributed by atoms with Gasteiger partial charge in [0.2, 0.25) is 5.91 Å². The van der Waals surface area contributed by atoms with Gasteiger partial charge in [0.25, 0.3) is 5.91 Å². The van der Waals surface area contributed by atoms with Gasteiger partial charge in [0.15, 0.2) is 5.78 Å². The summed E-state index contributed by atoms with van der Waals surface area (Å²) < 4.78 is 32.7. The number of para-hydroxylation sites is 3. The van der Waals surface area contributed by atoms with E-state index in [1.54, 1.807) is 77.7 Å². The van der Waals surface area contributed by atoms with Crippen molar-refractivity contribution in [3.05, 3.63) is 121 Å². The second-order valence-electron chi connectivity index (χ2n) is 10.8. The van der Waals surface area contributed by atoms with Crippen molar-refractivity contribution < 1.29 is 27.9 Å². The number of carbonyl (C=O) groups excluding carboxylic acids is 2. The molecule has 242 valence electrons. The smallest absolute Gasteiger partial charge is 0.452 e. The molecule has 1 unspecified atom stereocenters. The van der Waals surface area contributed by atoms with Crippen molar-refractivity contribution in [3.8, 4) is 23.0 Å². The van der Waals surface area contributed by atoms with Crippen molar-refractivity contribution in [1.82, 2.24) is 10.2 Å². The minimum absolute atomic E-state index is 0. The minimum atomic E-state index is -4.04. The molecule has 0 aromatic heterocycles. The van der Waals surface area contributed by atoms with Crippen LogP contribution in [0.1, 0.15) is 42.5 Å². The van der Waals surface area contributed by atoms with E-state index < -0.39 is 25.3 Å². The number of nitrogens with zero attached hydrogens (tertiary/aromatic N) is 1. The summed E-state index contributed by atoms with van der Waals surface area (Å²) in [6.07, 6.45) is 2.68. The number of hydrogen-bond acceptors (Lipinski definition) is 7. The molecule has 0 aliphatic carbocycles. The number of rotatable bonds is 14. The summed E-state index contributed by atoms with van der Waals surface area (Å²) in [6, 6.07) is 32.9. The maximum Gasteiger partial charge on any atom is 0.452 e. The SMILES string of the molecule is Cl.NCCCCC(NC(=O)[C@@H]1CCCN1C(=O)c1cccc(Oc2ccccc2)c1)P(=O)(Oc1ccccc1)Oc1ccccc1. The van der Waals surface area contributed by atoms with Crippen LogP contribution in [-0.4, -0.2) is 41.6 Å². The molecule has 5 rings (SSSR count). The summed E-state index contributed by atoms with van der Waals surface area (Å²) in [5.74, 6) is 0.191. The average Bonchev–Trinajstić information content (AvgIpc) is 3.56. The Bertz CT molecular complexity index is 1550. The molecule has 4 aromatic carbocycles. The molecule has 2 atom stereocenters. The monoisotopic (exact) mass is 663 g/mol. The van der Waals surface area contributed by atoms with E-state index in [1.165, 1.54) is 0 Å². The highest BCUT2D eigenvalue weighted by Gasteiger charge is 2.43. The molecule has 0 saturated carbocycles. The van der Waals surface area contributed by atoms with Crippen LogP contribution in [0.25, 0.3) is 0 Å². The second-order valence-corrected chi connectivity index (χ2v) is 12.8. The van der Waals surface area contributed by atoms with Gasteiger partial charge < -0.3 is 29.7 Å². The van der Waals surface area contributed by atoms with E-state index in [0.29, 0.717) is 73.8 Å². The molecule has 0 bridgehead atoms. The van der Waals surface area contributed by atoms with E-state index in [4.69, 9.17) is 19.5 Å². The van der Waals surface area contributed by atoms with Crippen molar-refractivity contribution in [3.63, 3.8) is 0 Å². The Morgan fingerprint density at radius 1 is 0.804 bits per heavy atom.